The number of nitrogens with zero attached hydrogens (tertiary/aromatic N) is 1. The van der Waals surface area contributed by atoms with Crippen molar-refractivity contribution in [2.24, 2.45) is 0 Å². The van der Waals surface area contributed by atoms with Crippen molar-refractivity contribution < 1.29 is 32.2 Å². The molecule has 0 saturated carbocycles. The summed E-state index contributed by atoms with van der Waals surface area (Å²) < 4.78 is 54.5. The van der Waals surface area contributed by atoms with Gasteiger partial charge in [-0.1, -0.05) is 11.6 Å². The topological polar surface area (TPSA) is 69.7 Å². The summed E-state index contributed by atoms with van der Waals surface area (Å²) in [6.45, 7) is 3.98. The van der Waals surface area contributed by atoms with E-state index >= 15 is 0 Å². The van der Waals surface area contributed by atoms with Crippen molar-refractivity contribution >= 4 is 29.3 Å². The van der Waals surface area contributed by atoms with Gasteiger partial charge in [-0.3, -0.25) is 10.1 Å². The van der Waals surface area contributed by atoms with Crippen LogP contribution >= 0.6 is 23.4 Å². The number of alkyl halides is 3. The van der Waals surface area contributed by atoms with Crippen LogP contribution in [0.2, 0.25) is 5.02 Å². The largest absolute Gasteiger partial charge is 0.488 e. The van der Waals surface area contributed by atoms with Crippen LogP contribution in [0.25, 0.3) is 0 Å². The Hall–Kier alpha value is -2.17. The molecular formula is C20H20ClF3N2O4S. The molecule has 0 spiro atoms. The molecule has 1 saturated heterocycles. The van der Waals surface area contributed by atoms with Gasteiger partial charge in [0.25, 0.3) is 0 Å². The minimum Gasteiger partial charge on any atom is -0.488 e. The number of nitrogens with one attached hydrogen (secondary N) is 1. The van der Waals surface area contributed by atoms with Gasteiger partial charge in [0, 0.05) is 11.9 Å². The Bertz CT molecular complexity index is 914. The number of aromatic nitrogens is 1. The van der Waals surface area contributed by atoms with E-state index in [9.17, 15) is 18.0 Å². The first-order valence-electron chi connectivity index (χ1n) is 9.39. The highest BCUT2D eigenvalue weighted by Gasteiger charge is 2.34. The fourth-order valence-electron chi connectivity index (χ4n) is 2.77. The Morgan fingerprint density at radius 2 is 2.00 bits per heavy atom. The van der Waals surface area contributed by atoms with Crippen LogP contribution < -0.4 is 14.8 Å². The lowest BCUT2D eigenvalue weighted by Gasteiger charge is -2.21. The maximum absolute atomic E-state index is 12.7. The average molecular weight is 477 g/mol. The van der Waals surface area contributed by atoms with Crippen LogP contribution in [0, 0.1) is 0 Å². The molecule has 0 radical (unpaired) electrons. The first-order chi connectivity index (χ1) is 14.7. The SMILES string of the molecule is CCOC(=O)C1CS[C@H](C(C)Oc2ccc(Oc3ncc(C(F)(F)F)cc3Cl)cc2)N1. The number of ether oxygens (including phenoxy) is 3. The zero-order chi connectivity index (χ0) is 22.6. The molecule has 0 amide bonds. The first kappa shape index (κ1) is 23.5. The summed E-state index contributed by atoms with van der Waals surface area (Å²) in [6.07, 6.45) is -4.11. The number of hydrogen-bond acceptors (Lipinski definition) is 7. The first-order valence-corrected chi connectivity index (χ1v) is 10.8. The highest BCUT2D eigenvalue weighted by Crippen LogP contribution is 2.35. The summed E-state index contributed by atoms with van der Waals surface area (Å²) in [5, 5.41) is 2.87. The van der Waals surface area contributed by atoms with E-state index in [1.807, 2.05) is 6.92 Å². The molecule has 1 aliphatic heterocycles. The molecule has 1 N–H and O–H groups in total. The fraction of sp³-hybridized carbons (Fsp3) is 0.400. The lowest BCUT2D eigenvalue weighted by molar-refractivity contribution is -0.145. The quantitative estimate of drug-likeness (QED) is 0.569. The van der Waals surface area contributed by atoms with Gasteiger partial charge in [-0.15, -0.1) is 11.8 Å². The van der Waals surface area contributed by atoms with Gasteiger partial charge in [0.2, 0.25) is 5.88 Å². The van der Waals surface area contributed by atoms with Crippen LogP contribution in [0.5, 0.6) is 17.4 Å². The summed E-state index contributed by atoms with van der Waals surface area (Å²) >= 11 is 7.43. The van der Waals surface area contributed by atoms with Crippen LogP contribution in [-0.2, 0) is 15.7 Å². The molecule has 0 aliphatic carbocycles. The standard InChI is InChI=1S/C20H20ClF3N2O4S/c1-3-28-19(27)16-10-31-18(26-16)11(2)29-13-4-6-14(7-5-13)30-17-15(21)8-12(9-25-17)20(22,23)24/h4-9,11,16,18,26H,3,10H2,1-2H3/t11?,16?,18-/m1/s1. The molecule has 2 aromatic rings. The zero-order valence-corrected chi connectivity index (χ0v) is 18.2. The van der Waals surface area contributed by atoms with Crippen LogP contribution in [0.1, 0.15) is 19.4 Å². The highest BCUT2D eigenvalue weighted by molar-refractivity contribution is 8.00. The Labute approximate surface area is 186 Å². The zero-order valence-electron chi connectivity index (χ0n) is 16.6. The summed E-state index contributed by atoms with van der Waals surface area (Å²) in [6, 6.07) is 6.90. The highest BCUT2D eigenvalue weighted by atomic mass is 35.5. The summed E-state index contributed by atoms with van der Waals surface area (Å²) in [5.41, 5.74) is -0.953. The number of halogens is 4. The maximum atomic E-state index is 12.7. The number of esters is 1. The van der Waals surface area contributed by atoms with Crippen molar-refractivity contribution in [1.82, 2.24) is 10.3 Å². The lowest BCUT2D eigenvalue weighted by atomic mass is 10.3. The van der Waals surface area contributed by atoms with Gasteiger partial charge in [0.15, 0.2) is 0 Å². The Balaban J connectivity index is 1.56. The van der Waals surface area contributed by atoms with Crippen LogP contribution in [0.15, 0.2) is 36.5 Å². The molecule has 3 atom stereocenters. The number of carbonyl (C=O) groups is 1. The van der Waals surface area contributed by atoms with Gasteiger partial charge in [0.1, 0.15) is 28.7 Å². The third-order valence-corrected chi connectivity index (χ3v) is 5.98. The normalized spacial score (nSPS) is 19.7. The summed E-state index contributed by atoms with van der Waals surface area (Å²) in [4.78, 5) is 15.5. The minimum atomic E-state index is -4.53. The fourth-order valence-corrected chi connectivity index (χ4v) is 4.20. The monoisotopic (exact) mass is 476 g/mol. The van der Waals surface area contributed by atoms with E-state index in [1.54, 1.807) is 43.0 Å². The molecule has 1 fully saturated rings. The van der Waals surface area contributed by atoms with E-state index in [0.717, 1.165) is 6.07 Å². The molecule has 6 nitrogen and oxygen atoms in total. The predicted octanol–water partition coefficient (Wildman–Crippen LogP) is 4.91. The van der Waals surface area contributed by atoms with Crippen LogP contribution in [-0.4, -0.2) is 40.8 Å². The van der Waals surface area contributed by atoms with E-state index in [2.05, 4.69) is 10.3 Å². The molecule has 1 aromatic carbocycles. The van der Waals surface area contributed by atoms with Crippen molar-refractivity contribution in [3.8, 4) is 17.4 Å². The molecule has 31 heavy (non-hydrogen) atoms. The number of hydrogen-bond donors (Lipinski definition) is 1. The molecule has 1 aliphatic rings. The number of pyridine rings is 1. The second-order valence-electron chi connectivity index (χ2n) is 6.63. The predicted molar refractivity (Wildman–Crippen MR) is 111 cm³/mol. The smallest absolute Gasteiger partial charge is 0.417 e. The van der Waals surface area contributed by atoms with Gasteiger partial charge in [-0.25, -0.2) is 4.98 Å². The lowest BCUT2D eigenvalue weighted by Crippen LogP contribution is -2.43. The van der Waals surface area contributed by atoms with Crippen molar-refractivity contribution in [2.45, 2.75) is 37.5 Å². The van der Waals surface area contributed by atoms with E-state index in [1.165, 1.54) is 0 Å². The summed E-state index contributed by atoms with van der Waals surface area (Å²) in [5.74, 6) is 1.10. The molecule has 2 unspecified atom stereocenters. The van der Waals surface area contributed by atoms with Gasteiger partial charge >= 0.3 is 12.1 Å². The molecule has 2 heterocycles. The van der Waals surface area contributed by atoms with Crippen molar-refractivity contribution in [2.75, 3.05) is 12.4 Å². The molecular weight excluding hydrogens is 457 g/mol. The van der Waals surface area contributed by atoms with E-state index in [0.29, 0.717) is 30.1 Å². The molecule has 11 heteroatoms. The van der Waals surface area contributed by atoms with Crippen molar-refractivity contribution in [3.05, 3.63) is 47.1 Å². The van der Waals surface area contributed by atoms with E-state index in [-0.39, 0.29) is 34.4 Å². The number of rotatable bonds is 7. The number of thioether (sulfide) groups is 1. The summed E-state index contributed by atoms with van der Waals surface area (Å²) in [7, 11) is 0. The third-order valence-electron chi connectivity index (χ3n) is 4.30. The molecule has 168 valence electrons. The number of carbonyl (C=O) groups excluding carboxylic acids is 1. The van der Waals surface area contributed by atoms with Crippen molar-refractivity contribution in [3.63, 3.8) is 0 Å². The van der Waals surface area contributed by atoms with E-state index in [4.69, 9.17) is 25.8 Å². The van der Waals surface area contributed by atoms with Gasteiger partial charge in [-0.2, -0.15) is 13.2 Å². The van der Waals surface area contributed by atoms with Crippen molar-refractivity contribution in [1.29, 1.82) is 0 Å². The Morgan fingerprint density at radius 3 is 2.61 bits per heavy atom. The van der Waals surface area contributed by atoms with Crippen LogP contribution in [0.4, 0.5) is 13.2 Å². The van der Waals surface area contributed by atoms with Gasteiger partial charge in [-0.05, 0) is 44.2 Å². The second kappa shape index (κ2) is 9.97. The number of benzene rings is 1. The Kier molecular flexibility index (Phi) is 7.55. The molecule has 3 rings (SSSR count). The van der Waals surface area contributed by atoms with E-state index < -0.39 is 11.7 Å². The molecule has 0 bridgehead atoms. The molecule has 1 aromatic heterocycles. The van der Waals surface area contributed by atoms with Gasteiger partial charge < -0.3 is 14.2 Å². The maximum Gasteiger partial charge on any atom is 0.417 e. The second-order valence-corrected chi connectivity index (χ2v) is 8.21. The Morgan fingerprint density at radius 1 is 1.32 bits per heavy atom. The van der Waals surface area contributed by atoms with Gasteiger partial charge in [0.05, 0.1) is 17.5 Å². The minimum absolute atomic E-state index is 0.0829. The van der Waals surface area contributed by atoms with Crippen LogP contribution in [0.3, 0.4) is 0 Å². The average Bonchev–Trinajstić information content (AvgIpc) is 3.21. The third kappa shape index (κ3) is 6.18.